The Labute approximate surface area is 196 Å². The largest absolute Gasteiger partial charge is 0.378 e. The molecule has 1 fully saturated rings. The van der Waals surface area contributed by atoms with Crippen LogP contribution in [-0.2, 0) is 16.1 Å². The highest BCUT2D eigenvalue weighted by Crippen LogP contribution is 2.35. The van der Waals surface area contributed by atoms with Gasteiger partial charge in [-0.15, -0.1) is 11.3 Å². The van der Waals surface area contributed by atoms with Gasteiger partial charge in [0.25, 0.3) is 5.56 Å². The number of amides is 1. The number of rotatable bonds is 5. The Morgan fingerprint density at radius 2 is 1.97 bits per heavy atom. The second kappa shape index (κ2) is 8.99. The van der Waals surface area contributed by atoms with Crippen LogP contribution in [0.15, 0.2) is 46.6 Å². The van der Waals surface area contributed by atoms with Crippen LogP contribution < -0.4 is 15.8 Å². The van der Waals surface area contributed by atoms with Gasteiger partial charge in [0.15, 0.2) is 10.6 Å². The van der Waals surface area contributed by atoms with Crippen molar-refractivity contribution in [3.63, 3.8) is 0 Å². The Kier molecular flexibility index (Phi) is 5.92. The van der Waals surface area contributed by atoms with Crippen LogP contribution in [-0.4, -0.2) is 47.0 Å². The number of ether oxygens (including phenoxy) is 1. The van der Waals surface area contributed by atoms with Gasteiger partial charge in [0, 0.05) is 23.8 Å². The number of morpholine rings is 1. The van der Waals surface area contributed by atoms with E-state index < -0.39 is 0 Å². The predicted octanol–water partition coefficient (Wildman–Crippen LogP) is 3.71. The van der Waals surface area contributed by atoms with E-state index in [1.165, 1.54) is 27.4 Å². The summed E-state index contributed by atoms with van der Waals surface area (Å²) in [5.41, 5.74) is 1.19. The lowest BCUT2D eigenvalue weighted by molar-refractivity contribution is -0.117. The summed E-state index contributed by atoms with van der Waals surface area (Å²) < 4.78 is 7.34. The highest BCUT2D eigenvalue weighted by atomic mass is 35.5. The zero-order valence-corrected chi connectivity index (χ0v) is 19.2. The van der Waals surface area contributed by atoms with Gasteiger partial charge in [-0.1, -0.05) is 29.0 Å². The van der Waals surface area contributed by atoms with E-state index in [2.05, 4.69) is 20.3 Å². The van der Waals surface area contributed by atoms with Crippen LogP contribution in [0.2, 0.25) is 5.02 Å². The molecular formula is C21H18ClN5O3S2. The molecule has 4 aromatic rings. The molecule has 3 aromatic heterocycles. The Hall–Kier alpha value is -2.79. The number of nitrogens with one attached hydrogen (secondary N) is 1. The average Bonchev–Trinajstić information content (AvgIpc) is 3.49. The molecule has 0 aliphatic carbocycles. The van der Waals surface area contributed by atoms with Crippen LogP contribution in [0, 0.1) is 0 Å². The predicted molar refractivity (Wildman–Crippen MR) is 128 cm³/mol. The highest BCUT2D eigenvalue weighted by Gasteiger charge is 2.22. The molecule has 5 rings (SSSR count). The Bertz CT molecular complexity index is 1310. The van der Waals surface area contributed by atoms with Gasteiger partial charge in [-0.25, -0.2) is 9.67 Å². The lowest BCUT2D eigenvalue weighted by atomic mass is 10.3. The number of hydrogen-bond donors (Lipinski definition) is 1. The number of fused-ring (bicyclic) bond motifs is 1. The summed E-state index contributed by atoms with van der Waals surface area (Å²) in [5.74, 6) is -0.359. The van der Waals surface area contributed by atoms with Gasteiger partial charge in [-0.05, 0) is 35.7 Å². The fourth-order valence-electron chi connectivity index (χ4n) is 3.39. The third kappa shape index (κ3) is 4.26. The normalized spacial score (nSPS) is 14.1. The van der Waals surface area contributed by atoms with Gasteiger partial charge >= 0.3 is 0 Å². The van der Waals surface area contributed by atoms with Gasteiger partial charge in [0.1, 0.15) is 12.2 Å². The van der Waals surface area contributed by atoms with E-state index in [9.17, 15) is 9.59 Å². The van der Waals surface area contributed by atoms with Crippen molar-refractivity contribution in [2.45, 2.75) is 6.54 Å². The van der Waals surface area contributed by atoms with E-state index >= 15 is 0 Å². The molecule has 1 aliphatic rings. The maximum Gasteiger partial charge on any atom is 0.294 e. The molecule has 0 bridgehead atoms. The zero-order chi connectivity index (χ0) is 22.1. The van der Waals surface area contributed by atoms with Crippen LogP contribution in [0.25, 0.3) is 20.8 Å². The van der Waals surface area contributed by atoms with Gasteiger partial charge in [-0.3, -0.25) is 9.59 Å². The zero-order valence-electron chi connectivity index (χ0n) is 16.8. The molecule has 1 N–H and O–H groups in total. The Morgan fingerprint density at radius 1 is 1.19 bits per heavy atom. The summed E-state index contributed by atoms with van der Waals surface area (Å²) in [6.07, 6.45) is 0. The van der Waals surface area contributed by atoms with Gasteiger partial charge in [-0.2, -0.15) is 5.10 Å². The monoisotopic (exact) mass is 487 g/mol. The summed E-state index contributed by atoms with van der Waals surface area (Å²) in [6, 6.07) is 10.6. The van der Waals surface area contributed by atoms with Crippen LogP contribution in [0.4, 0.5) is 10.8 Å². The molecule has 0 atom stereocenters. The third-order valence-electron chi connectivity index (χ3n) is 4.95. The minimum Gasteiger partial charge on any atom is -0.378 e. The lowest BCUT2D eigenvalue weighted by Crippen LogP contribution is -2.36. The molecule has 4 heterocycles. The number of nitrogens with zero attached hydrogens (tertiary/aromatic N) is 4. The number of halogens is 1. The molecule has 1 saturated heterocycles. The van der Waals surface area contributed by atoms with Crippen molar-refractivity contribution in [3.8, 4) is 10.6 Å². The van der Waals surface area contributed by atoms with Crippen molar-refractivity contribution in [2.24, 2.45) is 0 Å². The van der Waals surface area contributed by atoms with E-state index in [-0.39, 0.29) is 18.0 Å². The van der Waals surface area contributed by atoms with E-state index in [0.717, 1.165) is 27.8 Å². The molecule has 1 aliphatic heterocycles. The summed E-state index contributed by atoms with van der Waals surface area (Å²) in [7, 11) is 0. The van der Waals surface area contributed by atoms with Gasteiger partial charge in [0.05, 0.1) is 22.8 Å². The molecule has 0 spiro atoms. The Balaban J connectivity index is 1.52. The van der Waals surface area contributed by atoms with Gasteiger partial charge in [0.2, 0.25) is 5.91 Å². The van der Waals surface area contributed by atoms with E-state index in [0.29, 0.717) is 35.1 Å². The number of carbonyl (C=O) groups is 1. The van der Waals surface area contributed by atoms with Crippen LogP contribution in [0.3, 0.4) is 0 Å². The third-order valence-corrected chi connectivity index (χ3v) is 7.20. The summed E-state index contributed by atoms with van der Waals surface area (Å²) in [5, 5.41) is 10.6. The lowest BCUT2D eigenvalue weighted by Gasteiger charge is -2.25. The summed E-state index contributed by atoms with van der Waals surface area (Å²) in [4.78, 5) is 33.5. The van der Waals surface area contributed by atoms with Crippen LogP contribution in [0.1, 0.15) is 0 Å². The Morgan fingerprint density at radius 3 is 2.69 bits per heavy atom. The van der Waals surface area contributed by atoms with Crippen molar-refractivity contribution < 1.29 is 9.53 Å². The number of hydrogen-bond acceptors (Lipinski definition) is 8. The van der Waals surface area contributed by atoms with E-state index in [1.807, 2.05) is 17.5 Å². The average molecular weight is 488 g/mol. The number of carbonyl (C=O) groups excluding carboxylic acids is 1. The number of benzene rings is 1. The number of thiazole rings is 1. The van der Waals surface area contributed by atoms with Crippen molar-refractivity contribution in [3.05, 3.63) is 57.2 Å². The standard InChI is InChI=1S/C21H18ClN5O3S2/c22-13-3-5-14(6-4-13)23-16(28)12-27-20(29)18-19(17(25-27)15-2-1-11-31-15)32-21(24-18)26-7-9-30-10-8-26/h1-6,11H,7-10,12H2,(H,23,28). The summed E-state index contributed by atoms with van der Waals surface area (Å²) >= 11 is 8.87. The molecule has 11 heteroatoms. The molecule has 164 valence electrons. The van der Waals surface area contributed by atoms with E-state index in [4.69, 9.17) is 16.3 Å². The molecule has 0 radical (unpaired) electrons. The highest BCUT2D eigenvalue weighted by molar-refractivity contribution is 7.23. The molecule has 1 amide bonds. The first-order chi connectivity index (χ1) is 15.6. The fraction of sp³-hybridized carbons (Fsp3) is 0.238. The maximum atomic E-state index is 13.2. The molecule has 0 saturated carbocycles. The second-order valence-corrected chi connectivity index (χ2v) is 9.48. The maximum absolute atomic E-state index is 13.2. The molecule has 32 heavy (non-hydrogen) atoms. The smallest absolute Gasteiger partial charge is 0.294 e. The number of aromatic nitrogens is 3. The number of thiophene rings is 1. The van der Waals surface area contributed by atoms with Crippen molar-refractivity contribution in [1.29, 1.82) is 0 Å². The molecule has 8 nitrogen and oxygen atoms in total. The second-order valence-electron chi connectivity index (χ2n) is 7.12. The number of anilines is 2. The van der Waals surface area contributed by atoms with Crippen molar-refractivity contribution in [1.82, 2.24) is 14.8 Å². The van der Waals surface area contributed by atoms with Crippen molar-refractivity contribution >= 4 is 61.2 Å². The minimum absolute atomic E-state index is 0.222. The topological polar surface area (TPSA) is 89.3 Å². The fourth-order valence-corrected chi connectivity index (χ4v) is 5.40. The first kappa shape index (κ1) is 21.1. The molecule has 0 unspecified atom stereocenters. The summed E-state index contributed by atoms with van der Waals surface area (Å²) in [6.45, 7) is 2.47. The first-order valence-electron chi connectivity index (χ1n) is 9.92. The minimum atomic E-state index is -0.387. The van der Waals surface area contributed by atoms with E-state index in [1.54, 1.807) is 24.3 Å². The quantitative estimate of drug-likeness (QED) is 0.461. The molecule has 1 aromatic carbocycles. The van der Waals surface area contributed by atoms with Crippen LogP contribution in [0.5, 0.6) is 0 Å². The van der Waals surface area contributed by atoms with Crippen molar-refractivity contribution in [2.75, 3.05) is 36.5 Å². The molecular weight excluding hydrogens is 470 g/mol. The van der Waals surface area contributed by atoms with Gasteiger partial charge < -0.3 is 15.0 Å². The SMILES string of the molecule is O=C(Cn1nc(-c2cccs2)c2sc(N3CCOCC3)nc2c1=O)Nc1ccc(Cl)cc1. The first-order valence-corrected chi connectivity index (χ1v) is 12.0. The van der Waals surface area contributed by atoms with Crippen LogP contribution >= 0.6 is 34.3 Å².